The highest BCUT2D eigenvalue weighted by molar-refractivity contribution is 5.87. The van der Waals surface area contributed by atoms with Crippen LogP contribution in [0.1, 0.15) is 18.4 Å². The lowest BCUT2D eigenvalue weighted by Gasteiger charge is -2.02. The fourth-order valence-corrected chi connectivity index (χ4v) is 2.22. The van der Waals surface area contributed by atoms with Crippen LogP contribution in [0.5, 0.6) is 5.75 Å². The first-order valence-corrected chi connectivity index (χ1v) is 8.30. The first-order valence-electron chi connectivity index (χ1n) is 8.30. The van der Waals surface area contributed by atoms with Crippen molar-refractivity contribution in [2.75, 3.05) is 6.61 Å². The Morgan fingerprint density at radius 3 is 2.59 bits per heavy atom. The summed E-state index contributed by atoms with van der Waals surface area (Å²) in [5.74, 6) is 0.329. The maximum atomic E-state index is 12.9. The van der Waals surface area contributed by atoms with Crippen molar-refractivity contribution in [2.45, 2.75) is 13.5 Å². The second-order valence-electron chi connectivity index (χ2n) is 5.46. The van der Waals surface area contributed by atoms with Crippen LogP contribution >= 0.6 is 0 Å². The summed E-state index contributed by atoms with van der Waals surface area (Å²) in [5.41, 5.74) is 1.44. The van der Waals surface area contributed by atoms with Crippen molar-refractivity contribution in [3.05, 3.63) is 71.9 Å². The molecular weight excluding hydrogens is 351 g/mol. The minimum atomic E-state index is -0.537. The number of carbonyl (C=O) groups excluding carboxylic acids is 1. The van der Waals surface area contributed by atoms with E-state index in [0.717, 1.165) is 11.3 Å². The summed E-state index contributed by atoms with van der Waals surface area (Å²) >= 11 is 0. The van der Waals surface area contributed by atoms with Crippen LogP contribution in [0.25, 0.3) is 17.5 Å². The number of halogens is 1. The van der Waals surface area contributed by atoms with Crippen LogP contribution in [0.4, 0.5) is 4.39 Å². The van der Waals surface area contributed by atoms with Crippen molar-refractivity contribution >= 4 is 12.0 Å². The molecule has 3 rings (SSSR count). The number of nitrogens with zero attached hydrogens (tertiary/aromatic N) is 2. The Kier molecular flexibility index (Phi) is 5.94. The second-order valence-corrected chi connectivity index (χ2v) is 5.46. The number of hydrogen-bond donors (Lipinski definition) is 0. The minimum Gasteiger partial charge on any atom is -0.494 e. The molecule has 0 aliphatic heterocycles. The Morgan fingerprint density at radius 2 is 1.89 bits per heavy atom. The van der Waals surface area contributed by atoms with Gasteiger partial charge in [-0.25, -0.2) is 9.18 Å². The molecule has 0 radical (unpaired) electrons. The minimum absolute atomic E-state index is 0.150. The molecule has 1 heterocycles. The third-order valence-corrected chi connectivity index (χ3v) is 3.51. The van der Waals surface area contributed by atoms with Crippen LogP contribution in [0.3, 0.4) is 0 Å². The van der Waals surface area contributed by atoms with E-state index in [9.17, 15) is 9.18 Å². The predicted molar refractivity (Wildman–Crippen MR) is 96.1 cm³/mol. The number of esters is 1. The molecule has 6 nitrogen and oxygen atoms in total. The maximum absolute atomic E-state index is 12.9. The highest BCUT2D eigenvalue weighted by atomic mass is 19.1. The molecule has 0 unspecified atom stereocenters. The predicted octanol–water partition coefficient (Wildman–Crippen LogP) is 4.03. The normalized spacial score (nSPS) is 10.9. The summed E-state index contributed by atoms with van der Waals surface area (Å²) < 4.78 is 28.4. The number of carbonyl (C=O) groups is 1. The van der Waals surface area contributed by atoms with Gasteiger partial charge in [0.25, 0.3) is 5.89 Å². The monoisotopic (exact) mass is 368 g/mol. The number of ether oxygens (including phenoxy) is 2. The number of aromatic nitrogens is 2. The van der Waals surface area contributed by atoms with E-state index in [1.807, 2.05) is 31.2 Å². The molecule has 0 fully saturated rings. The summed E-state index contributed by atoms with van der Waals surface area (Å²) in [4.78, 5) is 15.9. The molecule has 138 valence electrons. The first-order chi connectivity index (χ1) is 13.1. The van der Waals surface area contributed by atoms with E-state index in [-0.39, 0.29) is 18.3 Å². The maximum Gasteiger partial charge on any atom is 0.331 e. The van der Waals surface area contributed by atoms with Gasteiger partial charge in [-0.3, -0.25) is 0 Å². The molecule has 1 aromatic heterocycles. The molecule has 0 amide bonds. The Morgan fingerprint density at radius 1 is 1.15 bits per heavy atom. The molecule has 0 saturated carbocycles. The number of hydrogen-bond acceptors (Lipinski definition) is 6. The van der Waals surface area contributed by atoms with Crippen molar-refractivity contribution in [3.8, 4) is 17.1 Å². The zero-order valence-corrected chi connectivity index (χ0v) is 14.6. The van der Waals surface area contributed by atoms with Crippen LogP contribution in [-0.4, -0.2) is 22.7 Å². The molecule has 0 aliphatic carbocycles. The van der Waals surface area contributed by atoms with E-state index < -0.39 is 5.97 Å². The zero-order valence-electron chi connectivity index (χ0n) is 14.6. The van der Waals surface area contributed by atoms with Crippen LogP contribution in [0.15, 0.2) is 59.1 Å². The molecule has 0 bridgehead atoms. The van der Waals surface area contributed by atoms with E-state index in [4.69, 9.17) is 14.0 Å². The highest BCUT2D eigenvalue weighted by Crippen LogP contribution is 2.16. The zero-order chi connectivity index (χ0) is 19.1. The van der Waals surface area contributed by atoms with Crippen molar-refractivity contribution in [2.24, 2.45) is 0 Å². The molecule has 2 aromatic carbocycles. The van der Waals surface area contributed by atoms with E-state index in [1.165, 1.54) is 30.3 Å². The Balaban J connectivity index is 1.52. The first kappa shape index (κ1) is 18.3. The van der Waals surface area contributed by atoms with Gasteiger partial charge in [-0.15, -0.1) is 0 Å². The van der Waals surface area contributed by atoms with E-state index in [2.05, 4.69) is 10.1 Å². The van der Waals surface area contributed by atoms with Crippen molar-refractivity contribution in [1.29, 1.82) is 0 Å². The molecule has 27 heavy (non-hydrogen) atoms. The van der Waals surface area contributed by atoms with E-state index in [0.29, 0.717) is 18.0 Å². The van der Waals surface area contributed by atoms with Crippen LogP contribution in [0.2, 0.25) is 0 Å². The van der Waals surface area contributed by atoms with Gasteiger partial charge in [0.2, 0.25) is 5.82 Å². The Hall–Kier alpha value is -3.48. The fourth-order valence-electron chi connectivity index (χ4n) is 2.22. The molecule has 0 N–H and O–H groups in total. The third kappa shape index (κ3) is 5.24. The molecule has 0 atom stereocenters. The van der Waals surface area contributed by atoms with Gasteiger partial charge in [0.15, 0.2) is 6.61 Å². The average molecular weight is 368 g/mol. The third-order valence-electron chi connectivity index (χ3n) is 3.51. The van der Waals surface area contributed by atoms with Gasteiger partial charge in [0.1, 0.15) is 11.6 Å². The van der Waals surface area contributed by atoms with Crippen molar-refractivity contribution in [3.63, 3.8) is 0 Å². The summed E-state index contributed by atoms with van der Waals surface area (Å²) in [6.07, 6.45) is 2.95. The highest BCUT2D eigenvalue weighted by Gasteiger charge is 2.10. The lowest BCUT2D eigenvalue weighted by molar-refractivity contribution is -0.139. The molecule has 7 heteroatoms. The van der Waals surface area contributed by atoms with Gasteiger partial charge < -0.3 is 14.0 Å². The van der Waals surface area contributed by atoms with E-state index >= 15 is 0 Å². The van der Waals surface area contributed by atoms with Crippen LogP contribution < -0.4 is 4.74 Å². The molecule has 0 aliphatic rings. The standard InChI is InChI=1S/C20H17FN2O4/c1-2-25-17-10-3-14(4-11-17)5-12-19(24)26-13-18-22-20(23-27-18)15-6-8-16(21)9-7-15/h3-12H,2,13H2,1H3/b12-5+. The summed E-state index contributed by atoms with van der Waals surface area (Å²) in [5, 5.41) is 3.78. The molecule has 0 spiro atoms. The Labute approximate surface area is 155 Å². The van der Waals surface area contributed by atoms with Gasteiger partial charge in [0.05, 0.1) is 6.61 Å². The molecular formula is C20H17FN2O4. The van der Waals surface area contributed by atoms with Crippen LogP contribution in [-0.2, 0) is 16.1 Å². The van der Waals surface area contributed by atoms with Crippen molar-refractivity contribution in [1.82, 2.24) is 10.1 Å². The van der Waals surface area contributed by atoms with Gasteiger partial charge in [0, 0.05) is 11.6 Å². The van der Waals surface area contributed by atoms with Crippen LogP contribution in [0, 0.1) is 5.82 Å². The van der Waals surface area contributed by atoms with E-state index in [1.54, 1.807) is 6.08 Å². The lowest BCUT2D eigenvalue weighted by Crippen LogP contribution is -2.01. The quantitative estimate of drug-likeness (QED) is 0.463. The SMILES string of the molecule is CCOc1ccc(/C=C/C(=O)OCc2nc(-c3ccc(F)cc3)no2)cc1. The van der Waals surface area contributed by atoms with Gasteiger partial charge in [-0.05, 0) is 55.0 Å². The Bertz CT molecular complexity index is 918. The topological polar surface area (TPSA) is 74.5 Å². The second kappa shape index (κ2) is 8.75. The largest absolute Gasteiger partial charge is 0.494 e. The summed E-state index contributed by atoms with van der Waals surface area (Å²) in [6.45, 7) is 2.36. The smallest absolute Gasteiger partial charge is 0.331 e. The van der Waals surface area contributed by atoms with Gasteiger partial charge >= 0.3 is 5.97 Å². The number of rotatable bonds is 7. The van der Waals surface area contributed by atoms with Gasteiger partial charge in [-0.1, -0.05) is 17.3 Å². The number of benzene rings is 2. The van der Waals surface area contributed by atoms with Crippen molar-refractivity contribution < 1.29 is 23.2 Å². The summed E-state index contributed by atoms with van der Waals surface area (Å²) in [6, 6.07) is 13.0. The molecule has 0 saturated heterocycles. The summed E-state index contributed by atoms with van der Waals surface area (Å²) in [7, 11) is 0. The lowest BCUT2D eigenvalue weighted by atomic mass is 10.2. The average Bonchev–Trinajstić information content (AvgIpc) is 3.16. The van der Waals surface area contributed by atoms with Gasteiger partial charge in [-0.2, -0.15) is 4.98 Å². The molecule has 3 aromatic rings. The fraction of sp³-hybridized carbons (Fsp3) is 0.150.